The third-order valence-electron chi connectivity index (χ3n) is 3.21. The Kier molecular flexibility index (Phi) is 4.81. The van der Waals surface area contributed by atoms with E-state index < -0.39 is 22.4 Å². The maximum Gasteiger partial charge on any atom is 0.420 e. The lowest BCUT2D eigenvalue weighted by Crippen LogP contribution is -2.26. The average Bonchev–Trinajstić information content (AvgIpc) is 2.45. The van der Waals surface area contributed by atoms with Gasteiger partial charge in [0.25, 0.3) is 10.1 Å². The van der Waals surface area contributed by atoms with Gasteiger partial charge in [0.15, 0.2) is 6.10 Å². The van der Waals surface area contributed by atoms with Gasteiger partial charge in [-0.2, -0.15) is 21.6 Å². The summed E-state index contributed by atoms with van der Waals surface area (Å²) in [5.41, 5.74) is 1.28. The van der Waals surface area contributed by atoms with Crippen LogP contribution in [0.5, 0.6) is 0 Å². The molecule has 1 unspecified atom stereocenters. The van der Waals surface area contributed by atoms with Crippen molar-refractivity contribution in [1.29, 1.82) is 0 Å². The number of hydrogen-bond acceptors (Lipinski definition) is 3. The molecule has 23 heavy (non-hydrogen) atoms. The molecular weight excluding hydrogens is 329 g/mol. The molecule has 7 heteroatoms. The van der Waals surface area contributed by atoms with Crippen LogP contribution in [0.25, 0.3) is 0 Å². The number of alkyl halides is 3. The van der Waals surface area contributed by atoms with Gasteiger partial charge in [0.2, 0.25) is 0 Å². The molecule has 0 spiro atoms. The molecule has 124 valence electrons. The summed E-state index contributed by atoms with van der Waals surface area (Å²) >= 11 is 0. The lowest BCUT2D eigenvalue weighted by atomic mass is 10.1. The molecule has 0 aromatic heterocycles. The Morgan fingerprint density at radius 1 is 0.870 bits per heavy atom. The van der Waals surface area contributed by atoms with Crippen molar-refractivity contribution in [1.82, 2.24) is 0 Å². The maximum atomic E-state index is 13.2. The number of benzene rings is 2. The van der Waals surface area contributed by atoms with E-state index >= 15 is 0 Å². The third kappa shape index (κ3) is 4.33. The van der Waals surface area contributed by atoms with Crippen LogP contribution in [0.3, 0.4) is 0 Å². The molecule has 2 aromatic rings. The summed E-state index contributed by atoms with van der Waals surface area (Å²) in [6.45, 7) is 3.46. The summed E-state index contributed by atoms with van der Waals surface area (Å²) in [6.07, 6.45) is -7.40. The van der Waals surface area contributed by atoms with Gasteiger partial charge >= 0.3 is 6.18 Å². The van der Waals surface area contributed by atoms with Crippen molar-refractivity contribution >= 4 is 10.1 Å². The highest BCUT2D eigenvalue weighted by Crippen LogP contribution is 2.38. The van der Waals surface area contributed by atoms with Gasteiger partial charge in [0, 0.05) is 0 Å². The molecule has 0 fully saturated rings. The molecule has 0 saturated heterocycles. The van der Waals surface area contributed by atoms with Gasteiger partial charge in [-0.25, -0.2) is 4.18 Å². The smallest absolute Gasteiger partial charge is 0.248 e. The molecule has 0 amide bonds. The summed E-state index contributed by atoms with van der Waals surface area (Å²) in [6, 6.07) is 10.8. The minimum absolute atomic E-state index is 0.265. The fraction of sp³-hybridized carbons (Fsp3) is 0.250. The number of aryl methyl sites for hydroxylation is 2. The molecule has 0 saturated carbocycles. The van der Waals surface area contributed by atoms with Gasteiger partial charge in [-0.05, 0) is 31.5 Å². The molecular formula is C16H15F3O3S. The zero-order valence-corrected chi connectivity index (χ0v) is 13.3. The maximum absolute atomic E-state index is 13.2. The first-order valence-electron chi connectivity index (χ1n) is 6.73. The van der Waals surface area contributed by atoms with Crippen LogP contribution in [-0.4, -0.2) is 14.6 Å². The Balaban J connectivity index is 2.38. The summed E-state index contributed by atoms with van der Waals surface area (Å²) in [4.78, 5) is -0.315. The third-order valence-corrected chi connectivity index (χ3v) is 4.51. The van der Waals surface area contributed by atoms with E-state index in [0.717, 1.165) is 11.1 Å². The van der Waals surface area contributed by atoms with Crippen molar-refractivity contribution in [2.24, 2.45) is 0 Å². The Hall–Kier alpha value is -1.86. The van der Waals surface area contributed by atoms with E-state index in [1.54, 1.807) is 13.8 Å². The number of hydrogen-bond donors (Lipinski definition) is 0. The summed E-state index contributed by atoms with van der Waals surface area (Å²) in [5, 5.41) is 0. The minimum Gasteiger partial charge on any atom is -0.248 e. The Morgan fingerprint density at radius 3 is 1.74 bits per heavy atom. The highest BCUT2D eigenvalue weighted by atomic mass is 32.2. The summed E-state index contributed by atoms with van der Waals surface area (Å²) in [7, 11) is -4.54. The van der Waals surface area contributed by atoms with Crippen LogP contribution in [-0.2, 0) is 14.3 Å². The van der Waals surface area contributed by atoms with Gasteiger partial charge in [0.05, 0.1) is 4.90 Å². The number of halogens is 3. The number of rotatable bonds is 4. The van der Waals surface area contributed by atoms with E-state index in [2.05, 4.69) is 4.18 Å². The van der Waals surface area contributed by atoms with Crippen molar-refractivity contribution in [3.8, 4) is 0 Å². The zero-order valence-electron chi connectivity index (χ0n) is 12.5. The molecule has 0 aliphatic rings. The monoisotopic (exact) mass is 344 g/mol. The highest BCUT2D eigenvalue weighted by Gasteiger charge is 2.45. The normalized spacial score (nSPS) is 13.8. The van der Waals surface area contributed by atoms with E-state index in [-0.39, 0.29) is 10.5 Å². The Morgan fingerprint density at radius 2 is 1.30 bits per heavy atom. The molecule has 0 radical (unpaired) electrons. The topological polar surface area (TPSA) is 43.4 Å². The van der Waals surface area contributed by atoms with Gasteiger partial charge < -0.3 is 0 Å². The van der Waals surface area contributed by atoms with Gasteiger partial charge in [-0.3, -0.25) is 0 Å². The predicted octanol–water partition coefficient (Wildman–Crippen LogP) is 4.31. The molecule has 0 N–H and O–H groups in total. The van der Waals surface area contributed by atoms with Crippen molar-refractivity contribution in [2.75, 3.05) is 0 Å². The molecule has 3 nitrogen and oxygen atoms in total. The van der Waals surface area contributed by atoms with Crippen LogP contribution in [0.4, 0.5) is 13.2 Å². The first kappa shape index (κ1) is 17.5. The van der Waals surface area contributed by atoms with Crippen molar-refractivity contribution in [3.63, 3.8) is 0 Å². The minimum atomic E-state index is -4.85. The van der Waals surface area contributed by atoms with Crippen LogP contribution >= 0.6 is 0 Å². The highest BCUT2D eigenvalue weighted by molar-refractivity contribution is 7.86. The zero-order chi connectivity index (χ0) is 17.3. The summed E-state index contributed by atoms with van der Waals surface area (Å²) < 4.78 is 68.4. The fourth-order valence-electron chi connectivity index (χ4n) is 1.93. The molecule has 0 heterocycles. The van der Waals surface area contributed by atoms with Crippen LogP contribution < -0.4 is 0 Å². The van der Waals surface area contributed by atoms with Crippen molar-refractivity contribution in [2.45, 2.75) is 31.0 Å². The van der Waals surface area contributed by atoms with E-state index in [9.17, 15) is 21.6 Å². The fourth-order valence-corrected chi connectivity index (χ4v) is 2.98. The lowest BCUT2D eigenvalue weighted by Gasteiger charge is -2.21. The second-order valence-corrected chi connectivity index (χ2v) is 6.77. The van der Waals surface area contributed by atoms with Crippen molar-refractivity contribution < 1.29 is 25.8 Å². The van der Waals surface area contributed by atoms with Gasteiger partial charge in [-0.15, -0.1) is 0 Å². The van der Waals surface area contributed by atoms with Crippen LogP contribution in [0.15, 0.2) is 53.4 Å². The lowest BCUT2D eigenvalue weighted by molar-refractivity contribution is -0.196. The molecule has 0 bridgehead atoms. The first-order valence-corrected chi connectivity index (χ1v) is 8.14. The second-order valence-electron chi connectivity index (χ2n) is 5.20. The largest absolute Gasteiger partial charge is 0.420 e. The summed E-state index contributed by atoms with van der Waals surface area (Å²) in [5.74, 6) is 0. The predicted molar refractivity (Wildman–Crippen MR) is 79.4 cm³/mol. The molecule has 0 aliphatic carbocycles. The first-order chi connectivity index (χ1) is 10.6. The average molecular weight is 344 g/mol. The SMILES string of the molecule is Cc1ccc(C(OS(=O)(=O)c2ccc(C)cc2)C(F)(F)F)cc1. The van der Waals surface area contributed by atoms with E-state index in [1.165, 1.54) is 48.5 Å². The van der Waals surface area contributed by atoms with Gasteiger partial charge in [-0.1, -0.05) is 47.5 Å². The van der Waals surface area contributed by atoms with E-state index in [0.29, 0.717) is 0 Å². The Labute approximate surface area is 132 Å². The van der Waals surface area contributed by atoms with Gasteiger partial charge in [0.1, 0.15) is 0 Å². The van der Waals surface area contributed by atoms with E-state index in [4.69, 9.17) is 0 Å². The van der Waals surface area contributed by atoms with Crippen LogP contribution in [0.1, 0.15) is 22.8 Å². The Bertz CT molecular complexity index is 764. The standard InChI is InChI=1S/C16H15F3O3S/c1-11-3-7-13(8-4-11)15(16(17,18)19)22-23(20,21)14-9-5-12(2)6-10-14/h3-10,15H,1-2H3. The van der Waals surface area contributed by atoms with Crippen LogP contribution in [0.2, 0.25) is 0 Å². The molecule has 1 atom stereocenters. The second kappa shape index (κ2) is 6.33. The molecule has 2 rings (SSSR count). The quantitative estimate of drug-likeness (QED) is 0.776. The van der Waals surface area contributed by atoms with Crippen molar-refractivity contribution in [3.05, 3.63) is 65.2 Å². The van der Waals surface area contributed by atoms with Crippen LogP contribution in [0, 0.1) is 13.8 Å². The molecule has 2 aromatic carbocycles. The van der Waals surface area contributed by atoms with E-state index in [1.807, 2.05) is 0 Å². The molecule has 0 aliphatic heterocycles.